The lowest BCUT2D eigenvalue weighted by molar-refractivity contribution is -0.137. The minimum atomic E-state index is -1.16. The monoisotopic (exact) mass is 627 g/mol. The number of benzene rings is 1. The SMILES string of the molecule is CCCc1ncccc1CN(CCCOc1ccc2c(c1)N(C)C(=O)C(C)(C)C(=O)N2CC)CCn1ccc2oc(C)cc2c1=O. The van der Waals surface area contributed by atoms with Crippen LogP contribution in [0.5, 0.6) is 5.75 Å². The predicted octanol–water partition coefficient (Wildman–Crippen LogP) is 5.58. The molecule has 1 aromatic carbocycles. The Morgan fingerprint density at radius 2 is 1.80 bits per heavy atom. The summed E-state index contributed by atoms with van der Waals surface area (Å²) in [5.41, 5.74) is 3.04. The molecule has 3 aromatic heterocycles. The molecule has 2 amide bonds. The van der Waals surface area contributed by atoms with E-state index in [1.807, 2.05) is 50.4 Å². The topological polar surface area (TPSA) is 101 Å². The van der Waals surface area contributed by atoms with Crippen molar-refractivity contribution < 1.29 is 18.7 Å². The molecule has 10 nitrogen and oxygen atoms in total. The minimum Gasteiger partial charge on any atom is -0.493 e. The van der Waals surface area contributed by atoms with Crippen LogP contribution in [-0.2, 0) is 29.1 Å². The highest BCUT2D eigenvalue weighted by atomic mass is 16.5. The molecule has 244 valence electrons. The van der Waals surface area contributed by atoms with E-state index in [9.17, 15) is 14.4 Å². The summed E-state index contributed by atoms with van der Waals surface area (Å²) >= 11 is 0. The van der Waals surface area contributed by atoms with E-state index in [0.29, 0.717) is 60.9 Å². The van der Waals surface area contributed by atoms with Gasteiger partial charge in [0, 0.05) is 63.9 Å². The Kier molecular flexibility index (Phi) is 9.96. The normalized spacial score (nSPS) is 14.7. The number of pyridine rings is 2. The van der Waals surface area contributed by atoms with Crippen LogP contribution in [0.2, 0.25) is 0 Å². The molecular weight excluding hydrogens is 582 g/mol. The number of amides is 2. The first-order valence-electron chi connectivity index (χ1n) is 16.2. The highest BCUT2D eigenvalue weighted by Gasteiger charge is 2.45. The molecule has 0 bridgehead atoms. The molecule has 0 atom stereocenters. The fourth-order valence-corrected chi connectivity index (χ4v) is 6.17. The number of fused-ring (bicyclic) bond motifs is 2. The number of rotatable bonds is 13. The van der Waals surface area contributed by atoms with Gasteiger partial charge in [0.05, 0.1) is 23.4 Å². The van der Waals surface area contributed by atoms with Gasteiger partial charge in [-0.15, -0.1) is 0 Å². The molecule has 1 aliphatic rings. The number of nitrogens with zero attached hydrogens (tertiary/aromatic N) is 5. The lowest BCUT2D eigenvalue weighted by Crippen LogP contribution is -2.47. The van der Waals surface area contributed by atoms with Gasteiger partial charge in [-0.25, -0.2) is 0 Å². The number of aromatic nitrogens is 2. The van der Waals surface area contributed by atoms with Crippen LogP contribution in [0.4, 0.5) is 11.4 Å². The number of anilines is 2. The molecule has 0 aliphatic carbocycles. The summed E-state index contributed by atoms with van der Waals surface area (Å²) < 4.78 is 13.6. The van der Waals surface area contributed by atoms with Crippen LogP contribution in [0.15, 0.2) is 64.1 Å². The molecule has 0 saturated carbocycles. The van der Waals surface area contributed by atoms with Gasteiger partial charge in [-0.05, 0) is 76.4 Å². The summed E-state index contributed by atoms with van der Waals surface area (Å²) in [5, 5.41) is 0.598. The van der Waals surface area contributed by atoms with Gasteiger partial charge in [0.2, 0.25) is 11.8 Å². The van der Waals surface area contributed by atoms with Gasteiger partial charge < -0.3 is 23.5 Å². The van der Waals surface area contributed by atoms with Gasteiger partial charge in [-0.3, -0.25) is 24.3 Å². The van der Waals surface area contributed by atoms with E-state index in [4.69, 9.17) is 9.15 Å². The highest BCUT2D eigenvalue weighted by molar-refractivity contribution is 6.20. The summed E-state index contributed by atoms with van der Waals surface area (Å²) in [5.74, 6) is 0.902. The smallest absolute Gasteiger partial charge is 0.261 e. The second kappa shape index (κ2) is 13.9. The van der Waals surface area contributed by atoms with E-state index in [-0.39, 0.29) is 17.4 Å². The molecule has 0 fully saturated rings. The Morgan fingerprint density at radius 1 is 1.00 bits per heavy atom. The predicted molar refractivity (Wildman–Crippen MR) is 180 cm³/mol. The van der Waals surface area contributed by atoms with E-state index in [1.54, 1.807) is 47.5 Å². The fourth-order valence-electron chi connectivity index (χ4n) is 6.17. The Labute approximate surface area is 270 Å². The molecule has 5 rings (SSSR count). The largest absolute Gasteiger partial charge is 0.493 e. The second-order valence-corrected chi connectivity index (χ2v) is 12.5. The number of hydrogen-bond donors (Lipinski definition) is 0. The maximum Gasteiger partial charge on any atom is 0.261 e. The Morgan fingerprint density at radius 3 is 2.57 bits per heavy atom. The minimum absolute atomic E-state index is 0.0518. The molecule has 0 spiro atoms. The van der Waals surface area contributed by atoms with Gasteiger partial charge in [0.15, 0.2) is 0 Å². The average Bonchev–Trinajstić information content (AvgIpc) is 3.42. The van der Waals surface area contributed by atoms with Crippen molar-refractivity contribution in [3.8, 4) is 5.75 Å². The lowest BCUT2D eigenvalue weighted by atomic mass is 9.90. The zero-order valence-corrected chi connectivity index (χ0v) is 27.8. The van der Waals surface area contributed by atoms with Crippen molar-refractivity contribution in [2.24, 2.45) is 5.41 Å². The van der Waals surface area contributed by atoms with Crippen molar-refractivity contribution >= 4 is 34.2 Å². The van der Waals surface area contributed by atoms with E-state index in [1.165, 1.54) is 5.56 Å². The fraction of sp³-hybridized carbons (Fsp3) is 0.444. The summed E-state index contributed by atoms with van der Waals surface area (Å²) in [6.07, 6.45) is 6.32. The molecule has 0 radical (unpaired) electrons. The first-order valence-corrected chi connectivity index (χ1v) is 16.2. The van der Waals surface area contributed by atoms with E-state index in [0.717, 1.165) is 37.3 Å². The van der Waals surface area contributed by atoms with Crippen LogP contribution >= 0.6 is 0 Å². The van der Waals surface area contributed by atoms with E-state index >= 15 is 0 Å². The van der Waals surface area contributed by atoms with Crippen molar-refractivity contribution in [2.45, 2.75) is 67.0 Å². The van der Waals surface area contributed by atoms with Gasteiger partial charge in [-0.1, -0.05) is 19.4 Å². The Bertz CT molecular complexity index is 1770. The number of furan rings is 1. The van der Waals surface area contributed by atoms with Crippen molar-refractivity contribution in [3.63, 3.8) is 0 Å². The first-order chi connectivity index (χ1) is 22.0. The summed E-state index contributed by atoms with van der Waals surface area (Å²) in [7, 11) is 1.71. The zero-order valence-electron chi connectivity index (χ0n) is 27.8. The van der Waals surface area contributed by atoms with Crippen LogP contribution in [0.3, 0.4) is 0 Å². The Hall–Kier alpha value is -4.44. The van der Waals surface area contributed by atoms with Gasteiger partial charge >= 0.3 is 0 Å². The third-order valence-corrected chi connectivity index (χ3v) is 8.73. The standard InChI is InChI=1S/C36H45N5O5/c1-7-11-29-26(12-9-16-37-29)24-39(19-20-40-18-15-32-28(33(40)42)22-25(3)46-32)17-10-21-45-27-13-14-30-31(23-27)38(6)34(43)36(4,5)35(44)41(30)8-2/h9,12-16,18,22-23H,7-8,10-11,17,19-21,24H2,1-6H3. The number of carbonyl (C=O) groups is 2. The van der Waals surface area contributed by atoms with Crippen molar-refractivity contribution in [1.29, 1.82) is 0 Å². The van der Waals surface area contributed by atoms with Crippen molar-refractivity contribution in [2.75, 3.05) is 43.1 Å². The maximum atomic E-state index is 13.2. The first kappa shape index (κ1) is 32.9. The average molecular weight is 628 g/mol. The van der Waals surface area contributed by atoms with Crippen molar-refractivity contribution in [1.82, 2.24) is 14.5 Å². The molecule has 0 saturated heterocycles. The van der Waals surface area contributed by atoms with E-state index in [2.05, 4.69) is 22.9 Å². The van der Waals surface area contributed by atoms with Crippen LogP contribution in [0.25, 0.3) is 11.0 Å². The quantitative estimate of drug-likeness (QED) is 0.141. The number of hydrogen-bond acceptors (Lipinski definition) is 7. The molecule has 46 heavy (non-hydrogen) atoms. The van der Waals surface area contributed by atoms with Gasteiger partial charge in [0.1, 0.15) is 22.5 Å². The zero-order chi connectivity index (χ0) is 33.0. The highest BCUT2D eigenvalue weighted by Crippen LogP contribution is 2.40. The summed E-state index contributed by atoms with van der Waals surface area (Å²) in [4.78, 5) is 49.8. The molecule has 0 N–H and O–H groups in total. The van der Waals surface area contributed by atoms with Crippen LogP contribution < -0.4 is 20.1 Å². The lowest BCUT2D eigenvalue weighted by Gasteiger charge is -2.27. The van der Waals surface area contributed by atoms with Crippen LogP contribution in [0.1, 0.15) is 57.6 Å². The molecule has 0 unspecified atom stereocenters. The van der Waals surface area contributed by atoms with Crippen molar-refractivity contribution in [3.05, 3.63) is 82.2 Å². The van der Waals surface area contributed by atoms with Gasteiger partial charge in [-0.2, -0.15) is 0 Å². The van der Waals surface area contributed by atoms with Crippen LogP contribution in [-0.4, -0.2) is 59.6 Å². The molecule has 10 heteroatoms. The third-order valence-electron chi connectivity index (χ3n) is 8.73. The molecule has 4 aromatic rings. The molecule has 4 heterocycles. The van der Waals surface area contributed by atoms with Crippen LogP contribution in [0, 0.1) is 12.3 Å². The summed E-state index contributed by atoms with van der Waals surface area (Å²) in [6, 6.07) is 13.3. The molecular formula is C36H45N5O5. The number of ether oxygens (including phenoxy) is 1. The summed E-state index contributed by atoms with van der Waals surface area (Å²) in [6.45, 7) is 12.9. The van der Waals surface area contributed by atoms with Gasteiger partial charge in [0.25, 0.3) is 5.56 Å². The number of carbonyl (C=O) groups excluding carboxylic acids is 2. The third kappa shape index (κ3) is 6.72. The van der Waals surface area contributed by atoms with E-state index < -0.39 is 5.41 Å². The second-order valence-electron chi connectivity index (χ2n) is 12.5. The maximum absolute atomic E-state index is 13.2. The Balaban J connectivity index is 1.29. The number of aryl methyl sites for hydroxylation is 2. The molecule has 1 aliphatic heterocycles.